The standard InChI is InChI=1S/C18H22N4O2.ClH/c1-22(2)10-5-11-24-16-12-13(23-3)7-8-14(16)17-20-15-6-4-9-19-18(15)21-17;/h4,6-9,12H,5,10-11H2,1-3H3,(H,19,20,21);1H. The Balaban J connectivity index is 0.00000225. The van der Waals surface area contributed by atoms with E-state index >= 15 is 0 Å². The summed E-state index contributed by atoms with van der Waals surface area (Å²) in [6.45, 7) is 1.62. The first-order valence-corrected chi connectivity index (χ1v) is 7.94. The highest BCUT2D eigenvalue weighted by Gasteiger charge is 2.13. The second kappa shape index (κ2) is 8.69. The van der Waals surface area contributed by atoms with Crippen LogP contribution in [0.15, 0.2) is 36.5 Å². The summed E-state index contributed by atoms with van der Waals surface area (Å²) in [6.07, 6.45) is 2.69. The zero-order valence-electron chi connectivity index (χ0n) is 14.7. The van der Waals surface area contributed by atoms with E-state index < -0.39 is 0 Å². The summed E-state index contributed by atoms with van der Waals surface area (Å²) in [5.74, 6) is 2.26. The highest BCUT2D eigenvalue weighted by atomic mass is 35.5. The summed E-state index contributed by atoms with van der Waals surface area (Å²) >= 11 is 0. The molecule has 0 aliphatic rings. The number of hydrogen-bond acceptors (Lipinski definition) is 5. The quantitative estimate of drug-likeness (QED) is 0.653. The van der Waals surface area contributed by atoms with E-state index in [1.165, 1.54) is 0 Å². The normalized spacial score (nSPS) is 10.7. The molecular weight excluding hydrogens is 340 g/mol. The van der Waals surface area contributed by atoms with Crippen LogP contribution in [0.4, 0.5) is 0 Å². The molecule has 0 atom stereocenters. The molecule has 25 heavy (non-hydrogen) atoms. The Morgan fingerprint density at radius 2 is 2.04 bits per heavy atom. The predicted octanol–water partition coefficient (Wildman–Crippen LogP) is 3.39. The van der Waals surface area contributed by atoms with Crippen LogP contribution in [0.3, 0.4) is 0 Å². The van der Waals surface area contributed by atoms with E-state index in [-0.39, 0.29) is 12.4 Å². The average molecular weight is 363 g/mol. The van der Waals surface area contributed by atoms with Gasteiger partial charge in [0.1, 0.15) is 17.3 Å². The van der Waals surface area contributed by atoms with Gasteiger partial charge in [-0.15, -0.1) is 12.4 Å². The fourth-order valence-corrected chi connectivity index (χ4v) is 2.48. The van der Waals surface area contributed by atoms with E-state index in [0.717, 1.165) is 41.4 Å². The number of aromatic amines is 1. The van der Waals surface area contributed by atoms with Gasteiger partial charge in [-0.05, 0) is 44.8 Å². The van der Waals surface area contributed by atoms with Crippen LogP contribution in [0.2, 0.25) is 0 Å². The monoisotopic (exact) mass is 362 g/mol. The zero-order chi connectivity index (χ0) is 16.9. The number of ether oxygens (including phenoxy) is 2. The maximum absolute atomic E-state index is 5.99. The third kappa shape index (κ3) is 4.61. The molecule has 1 aromatic carbocycles. The molecule has 3 rings (SSSR count). The van der Waals surface area contributed by atoms with E-state index in [1.54, 1.807) is 13.3 Å². The maximum atomic E-state index is 5.99. The van der Waals surface area contributed by atoms with Gasteiger partial charge >= 0.3 is 0 Å². The first-order valence-electron chi connectivity index (χ1n) is 7.94. The van der Waals surface area contributed by atoms with E-state index in [2.05, 4.69) is 33.9 Å². The lowest BCUT2D eigenvalue weighted by Gasteiger charge is -2.13. The number of pyridine rings is 1. The summed E-state index contributed by atoms with van der Waals surface area (Å²) in [5, 5.41) is 0. The van der Waals surface area contributed by atoms with Gasteiger partial charge in [0.05, 0.1) is 24.8 Å². The number of nitrogens with zero attached hydrogens (tertiary/aromatic N) is 3. The van der Waals surface area contributed by atoms with Crippen LogP contribution in [0, 0.1) is 0 Å². The number of imidazole rings is 1. The van der Waals surface area contributed by atoms with Gasteiger partial charge in [0.15, 0.2) is 5.65 Å². The van der Waals surface area contributed by atoms with Crippen LogP contribution >= 0.6 is 12.4 Å². The van der Waals surface area contributed by atoms with Gasteiger partial charge in [-0.3, -0.25) is 0 Å². The second-order valence-electron chi connectivity index (χ2n) is 5.83. The summed E-state index contributed by atoms with van der Waals surface area (Å²) < 4.78 is 11.3. The van der Waals surface area contributed by atoms with Crippen molar-refractivity contribution in [3.05, 3.63) is 36.5 Å². The molecule has 3 aromatic rings. The molecule has 0 bridgehead atoms. The molecule has 0 aliphatic heterocycles. The minimum absolute atomic E-state index is 0. The van der Waals surface area contributed by atoms with Crippen molar-refractivity contribution >= 4 is 23.6 Å². The molecule has 1 N–H and O–H groups in total. The molecule has 2 heterocycles. The summed E-state index contributed by atoms with van der Waals surface area (Å²) in [5.41, 5.74) is 2.50. The maximum Gasteiger partial charge on any atom is 0.178 e. The van der Waals surface area contributed by atoms with Crippen LogP contribution in [-0.4, -0.2) is 54.2 Å². The lowest BCUT2D eigenvalue weighted by atomic mass is 10.2. The molecule has 0 amide bonds. The molecule has 0 aliphatic carbocycles. The highest BCUT2D eigenvalue weighted by molar-refractivity contribution is 5.85. The number of benzene rings is 1. The topological polar surface area (TPSA) is 63.3 Å². The van der Waals surface area contributed by atoms with Gasteiger partial charge in [0, 0.05) is 18.8 Å². The fourth-order valence-electron chi connectivity index (χ4n) is 2.48. The number of methoxy groups -OCH3 is 1. The van der Waals surface area contributed by atoms with Crippen LogP contribution in [0.25, 0.3) is 22.6 Å². The average Bonchev–Trinajstić information content (AvgIpc) is 3.02. The predicted molar refractivity (Wildman–Crippen MR) is 102 cm³/mol. The minimum atomic E-state index is 0. The fraction of sp³-hybridized carbons (Fsp3) is 0.333. The SMILES string of the molecule is COc1ccc(-c2nc3ncccc3[nH]2)c(OCCCN(C)C)c1.Cl. The van der Waals surface area contributed by atoms with Gasteiger partial charge in [0.25, 0.3) is 0 Å². The molecule has 134 valence electrons. The third-order valence-corrected chi connectivity index (χ3v) is 3.71. The Morgan fingerprint density at radius 3 is 2.76 bits per heavy atom. The van der Waals surface area contributed by atoms with Gasteiger partial charge in [-0.25, -0.2) is 9.97 Å². The number of fused-ring (bicyclic) bond motifs is 1. The number of H-pyrrole nitrogens is 1. The lowest BCUT2D eigenvalue weighted by Crippen LogP contribution is -2.15. The van der Waals surface area contributed by atoms with Crippen LogP contribution in [0.1, 0.15) is 6.42 Å². The largest absolute Gasteiger partial charge is 0.497 e. The lowest BCUT2D eigenvalue weighted by molar-refractivity contribution is 0.281. The van der Waals surface area contributed by atoms with Crippen molar-refractivity contribution in [1.29, 1.82) is 0 Å². The van der Waals surface area contributed by atoms with Crippen LogP contribution in [0.5, 0.6) is 11.5 Å². The molecule has 0 saturated heterocycles. The van der Waals surface area contributed by atoms with E-state index in [9.17, 15) is 0 Å². The number of aromatic nitrogens is 3. The van der Waals surface area contributed by atoms with Gasteiger partial charge in [-0.1, -0.05) is 0 Å². The Bertz CT molecular complexity index is 787. The van der Waals surface area contributed by atoms with Gasteiger partial charge in [-0.2, -0.15) is 0 Å². The van der Waals surface area contributed by atoms with E-state index in [0.29, 0.717) is 12.3 Å². The number of rotatable bonds is 7. The van der Waals surface area contributed by atoms with E-state index in [1.807, 2.05) is 30.3 Å². The molecule has 6 nitrogen and oxygen atoms in total. The molecule has 0 unspecified atom stereocenters. The Kier molecular flexibility index (Phi) is 6.61. The van der Waals surface area contributed by atoms with Gasteiger partial charge in [0.2, 0.25) is 0 Å². The third-order valence-electron chi connectivity index (χ3n) is 3.71. The van der Waals surface area contributed by atoms with E-state index in [4.69, 9.17) is 9.47 Å². The molecule has 0 saturated carbocycles. The Labute approximate surface area is 153 Å². The second-order valence-corrected chi connectivity index (χ2v) is 5.83. The molecule has 7 heteroatoms. The number of nitrogens with one attached hydrogen (secondary N) is 1. The van der Waals surface area contributed by atoms with Crippen molar-refractivity contribution in [2.45, 2.75) is 6.42 Å². The van der Waals surface area contributed by atoms with Crippen molar-refractivity contribution in [2.24, 2.45) is 0 Å². The van der Waals surface area contributed by atoms with Crippen LogP contribution in [-0.2, 0) is 0 Å². The summed E-state index contributed by atoms with van der Waals surface area (Å²) in [6, 6.07) is 9.60. The van der Waals surface area contributed by atoms with Crippen LogP contribution < -0.4 is 9.47 Å². The minimum Gasteiger partial charge on any atom is -0.497 e. The summed E-state index contributed by atoms with van der Waals surface area (Å²) in [4.78, 5) is 14.3. The van der Waals surface area contributed by atoms with Crippen molar-refractivity contribution in [3.63, 3.8) is 0 Å². The Morgan fingerprint density at radius 1 is 1.20 bits per heavy atom. The Hall–Kier alpha value is -2.31. The molecule has 2 aromatic heterocycles. The number of hydrogen-bond donors (Lipinski definition) is 1. The van der Waals surface area contributed by atoms with Crippen molar-refractivity contribution in [2.75, 3.05) is 34.4 Å². The highest BCUT2D eigenvalue weighted by Crippen LogP contribution is 2.32. The van der Waals surface area contributed by atoms with Crippen molar-refractivity contribution in [1.82, 2.24) is 19.9 Å². The first kappa shape index (κ1) is 19.0. The molecule has 0 spiro atoms. The van der Waals surface area contributed by atoms with Crippen molar-refractivity contribution < 1.29 is 9.47 Å². The van der Waals surface area contributed by atoms with Crippen molar-refractivity contribution in [3.8, 4) is 22.9 Å². The number of halogens is 1. The molecule has 0 radical (unpaired) electrons. The first-order chi connectivity index (χ1) is 11.7. The molecular formula is C18H23ClN4O2. The van der Waals surface area contributed by atoms with Gasteiger partial charge < -0.3 is 19.4 Å². The smallest absolute Gasteiger partial charge is 0.178 e. The zero-order valence-corrected chi connectivity index (χ0v) is 15.5. The molecule has 0 fully saturated rings. The summed E-state index contributed by atoms with van der Waals surface area (Å²) in [7, 11) is 5.76.